The van der Waals surface area contributed by atoms with E-state index in [2.05, 4.69) is 15.3 Å². The maximum Gasteiger partial charge on any atom is 0.268 e. The molecule has 0 unspecified atom stereocenters. The van der Waals surface area contributed by atoms with Gasteiger partial charge in [-0.1, -0.05) is 23.9 Å². The van der Waals surface area contributed by atoms with E-state index in [1.54, 1.807) is 81.1 Å². The second kappa shape index (κ2) is 9.52. The zero-order chi connectivity index (χ0) is 22.5. The van der Waals surface area contributed by atoms with Crippen LogP contribution in [-0.4, -0.2) is 40.4 Å². The molecule has 0 aliphatic rings. The minimum atomic E-state index is -0.271. The van der Waals surface area contributed by atoms with E-state index in [0.29, 0.717) is 39.1 Å². The summed E-state index contributed by atoms with van der Waals surface area (Å²) in [5, 5.41) is 3.57. The van der Waals surface area contributed by atoms with Gasteiger partial charge in [0.25, 0.3) is 5.56 Å². The Balaban J connectivity index is 1.66. The van der Waals surface area contributed by atoms with Crippen molar-refractivity contribution in [3.8, 4) is 17.2 Å². The lowest BCUT2D eigenvalue weighted by molar-refractivity contribution is -0.113. The molecule has 2 aromatic heterocycles. The van der Waals surface area contributed by atoms with Crippen LogP contribution >= 0.6 is 11.8 Å². The topological polar surface area (TPSA) is 95.3 Å². The van der Waals surface area contributed by atoms with E-state index >= 15 is 0 Å². The van der Waals surface area contributed by atoms with Crippen LogP contribution in [0.4, 0.5) is 5.69 Å². The normalized spacial score (nSPS) is 10.7. The van der Waals surface area contributed by atoms with Crippen LogP contribution in [0.25, 0.3) is 16.7 Å². The quantitative estimate of drug-likeness (QED) is 0.341. The fourth-order valence-corrected chi connectivity index (χ4v) is 3.90. The highest BCUT2D eigenvalue weighted by atomic mass is 32.2. The van der Waals surface area contributed by atoms with Crippen molar-refractivity contribution in [1.29, 1.82) is 0 Å². The summed E-state index contributed by atoms with van der Waals surface area (Å²) in [5.41, 5.74) is 1.26. The fourth-order valence-electron chi connectivity index (χ4n) is 3.10. The average Bonchev–Trinajstić information content (AvgIpc) is 2.83. The molecule has 4 aromatic rings. The summed E-state index contributed by atoms with van der Waals surface area (Å²) in [7, 11) is 3.12. The number of ether oxygens (including phenoxy) is 2. The van der Waals surface area contributed by atoms with Crippen LogP contribution in [0, 0.1) is 0 Å². The molecule has 0 fully saturated rings. The van der Waals surface area contributed by atoms with Gasteiger partial charge in [0.15, 0.2) is 10.8 Å². The number of amides is 1. The zero-order valence-corrected chi connectivity index (χ0v) is 18.3. The number of nitrogens with one attached hydrogen (secondary N) is 1. The van der Waals surface area contributed by atoms with Gasteiger partial charge in [-0.05, 0) is 36.4 Å². The van der Waals surface area contributed by atoms with Crippen molar-refractivity contribution in [2.75, 3.05) is 25.3 Å². The van der Waals surface area contributed by atoms with Gasteiger partial charge in [-0.2, -0.15) is 0 Å². The van der Waals surface area contributed by atoms with Crippen LogP contribution < -0.4 is 20.3 Å². The van der Waals surface area contributed by atoms with Crippen molar-refractivity contribution in [3.05, 3.63) is 77.2 Å². The largest absolute Gasteiger partial charge is 0.497 e. The molecule has 2 heterocycles. The van der Waals surface area contributed by atoms with Crippen molar-refractivity contribution in [3.63, 3.8) is 0 Å². The molecule has 1 N–H and O–H groups in total. The highest BCUT2D eigenvalue weighted by molar-refractivity contribution is 7.99. The summed E-state index contributed by atoms with van der Waals surface area (Å²) in [6.45, 7) is 0. The first-order valence-corrected chi connectivity index (χ1v) is 10.7. The highest BCUT2D eigenvalue weighted by Gasteiger charge is 2.16. The number of hydrogen-bond donors (Lipinski definition) is 1. The lowest BCUT2D eigenvalue weighted by atomic mass is 10.3. The zero-order valence-electron chi connectivity index (χ0n) is 17.4. The third-order valence-corrected chi connectivity index (χ3v) is 5.55. The molecule has 32 heavy (non-hydrogen) atoms. The summed E-state index contributed by atoms with van der Waals surface area (Å²) < 4.78 is 11.9. The standard InChI is InChI=1S/C23H20N4O4S/c1-30-17-8-3-6-15(12-17)25-20(28)14-32-23-26-21-19(10-5-11-24-21)22(29)27(23)16-7-4-9-18(13-16)31-2/h3-13H,14H2,1-2H3,(H,25,28). The maximum atomic E-state index is 13.3. The highest BCUT2D eigenvalue weighted by Crippen LogP contribution is 2.24. The molecule has 0 aliphatic heterocycles. The first-order chi connectivity index (χ1) is 15.6. The lowest BCUT2D eigenvalue weighted by Crippen LogP contribution is -2.23. The van der Waals surface area contributed by atoms with E-state index in [-0.39, 0.29) is 17.2 Å². The number of hydrogen-bond acceptors (Lipinski definition) is 7. The molecule has 0 aliphatic carbocycles. The molecule has 0 saturated carbocycles. The number of carbonyl (C=O) groups is 1. The predicted molar refractivity (Wildman–Crippen MR) is 124 cm³/mol. The van der Waals surface area contributed by atoms with Gasteiger partial charge in [0.1, 0.15) is 11.5 Å². The van der Waals surface area contributed by atoms with E-state index in [1.807, 2.05) is 0 Å². The Kier molecular flexibility index (Phi) is 6.37. The molecule has 0 saturated heterocycles. The van der Waals surface area contributed by atoms with E-state index in [0.717, 1.165) is 11.8 Å². The first-order valence-electron chi connectivity index (χ1n) is 9.68. The third-order valence-electron chi connectivity index (χ3n) is 4.61. The van der Waals surface area contributed by atoms with Gasteiger partial charge >= 0.3 is 0 Å². The van der Waals surface area contributed by atoms with Crippen molar-refractivity contribution < 1.29 is 14.3 Å². The minimum absolute atomic E-state index is 0.0476. The number of benzene rings is 2. The molecule has 8 nitrogen and oxygen atoms in total. The van der Waals surface area contributed by atoms with Crippen molar-refractivity contribution in [2.45, 2.75) is 5.16 Å². The van der Waals surface area contributed by atoms with E-state index < -0.39 is 0 Å². The Bertz CT molecular complexity index is 1340. The van der Waals surface area contributed by atoms with Crippen molar-refractivity contribution in [1.82, 2.24) is 14.5 Å². The number of methoxy groups -OCH3 is 2. The number of anilines is 1. The molecule has 0 radical (unpaired) electrons. The fraction of sp³-hybridized carbons (Fsp3) is 0.130. The number of aromatic nitrogens is 3. The lowest BCUT2D eigenvalue weighted by Gasteiger charge is -2.13. The number of thioether (sulfide) groups is 1. The molecule has 0 bridgehead atoms. The number of carbonyl (C=O) groups excluding carboxylic acids is 1. The van der Waals surface area contributed by atoms with Crippen LogP contribution in [0.1, 0.15) is 0 Å². The molecule has 2 aromatic carbocycles. The van der Waals surface area contributed by atoms with Gasteiger partial charge in [0.2, 0.25) is 5.91 Å². The van der Waals surface area contributed by atoms with Crippen molar-refractivity contribution in [2.24, 2.45) is 0 Å². The van der Waals surface area contributed by atoms with E-state index in [1.165, 1.54) is 4.57 Å². The Labute approximate surface area is 188 Å². The molecule has 9 heteroatoms. The average molecular weight is 449 g/mol. The Hall–Kier alpha value is -3.85. The number of rotatable bonds is 7. The Morgan fingerprint density at radius 1 is 1.03 bits per heavy atom. The summed E-state index contributed by atoms with van der Waals surface area (Å²) in [6.07, 6.45) is 1.58. The summed E-state index contributed by atoms with van der Waals surface area (Å²) in [5.74, 6) is 1.05. The van der Waals surface area contributed by atoms with Crippen LogP contribution in [0.3, 0.4) is 0 Å². The SMILES string of the molecule is COc1cccc(NC(=O)CSc2nc3ncccc3c(=O)n2-c2cccc(OC)c2)c1. The molecule has 4 rings (SSSR count). The molecule has 0 spiro atoms. The van der Waals surface area contributed by atoms with Crippen molar-refractivity contribution >= 4 is 34.4 Å². The molecule has 0 atom stereocenters. The molecular weight excluding hydrogens is 428 g/mol. The summed E-state index contributed by atoms with van der Waals surface area (Å²) >= 11 is 1.15. The van der Waals surface area contributed by atoms with E-state index in [9.17, 15) is 9.59 Å². The van der Waals surface area contributed by atoms with Crippen LogP contribution in [-0.2, 0) is 4.79 Å². The summed E-state index contributed by atoms with van der Waals surface area (Å²) in [6, 6.07) is 17.6. The maximum absolute atomic E-state index is 13.3. The smallest absolute Gasteiger partial charge is 0.268 e. The predicted octanol–water partition coefficient (Wildman–Crippen LogP) is 3.53. The van der Waals surface area contributed by atoms with Gasteiger partial charge in [-0.25, -0.2) is 9.97 Å². The second-order valence-electron chi connectivity index (χ2n) is 6.68. The molecule has 1 amide bonds. The van der Waals surface area contributed by atoms with Gasteiger partial charge in [0, 0.05) is 24.0 Å². The molecule has 162 valence electrons. The minimum Gasteiger partial charge on any atom is -0.497 e. The monoisotopic (exact) mass is 448 g/mol. The van der Waals surface area contributed by atoms with Gasteiger partial charge < -0.3 is 14.8 Å². The second-order valence-corrected chi connectivity index (χ2v) is 7.62. The third kappa shape index (κ3) is 4.57. The van der Waals surface area contributed by atoms with Crippen LogP contribution in [0.15, 0.2) is 76.8 Å². The summed E-state index contributed by atoms with van der Waals surface area (Å²) in [4.78, 5) is 34.6. The number of pyridine rings is 1. The number of nitrogens with zero attached hydrogens (tertiary/aromatic N) is 3. The Morgan fingerprint density at radius 2 is 1.78 bits per heavy atom. The first kappa shape index (κ1) is 21.4. The van der Waals surface area contributed by atoms with E-state index in [4.69, 9.17) is 9.47 Å². The molecular formula is C23H20N4O4S. The van der Waals surface area contributed by atoms with Crippen LogP contribution in [0.5, 0.6) is 11.5 Å². The van der Waals surface area contributed by atoms with Gasteiger partial charge in [-0.15, -0.1) is 0 Å². The van der Waals surface area contributed by atoms with Crippen LogP contribution in [0.2, 0.25) is 0 Å². The van der Waals surface area contributed by atoms with Gasteiger partial charge in [-0.3, -0.25) is 14.2 Å². The Morgan fingerprint density at radius 3 is 2.56 bits per heavy atom. The van der Waals surface area contributed by atoms with Gasteiger partial charge in [0.05, 0.1) is 31.0 Å². The number of fused-ring (bicyclic) bond motifs is 1.